The predicted octanol–water partition coefficient (Wildman–Crippen LogP) is 0.647. The molecule has 0 aromatic rings. The molecule has 0 spiro atoms. The number of rotatable bonds is 5. The van der Waals surface area contributed by atoms with Crippen molar-refractivity contribution in [2.24, 2.45) is 11.1 Å². The summed E-state index contributed by atoms with van der Waals surface area (Å²) in [6.45, 7) is 3.40. The molecular weight excluding hydrogens is 284 g/mol. The topological polar surface area (TPSA) is 101 Å². The second kappa shape index (κ2) is 5.88. The number of fused-ring (bicyclic) bond motifs is 1. The molecule has 118 valence electrons. The van der Waals surface area contributed by atoms with Crippen molar-refractivity contribution in [1.82, 2.24) is 4.90 Å². The smallest absolute Gasteiger partial charge is 0.320 e. The maximum absolute atomic E-state index is 12.3. The second-order valence-corrected chi connectivity index (χ2v) is 5.96. The quantitative estimate of drug-likeness (QED) is 0.776. The van der Waals surface area contributed by atoms with Gasteiger partial charge in [-0.3, -0.25) is 14.4 Å². The molecule has 0 aromatic heterocycles. The zero-order valence-electron chi connectivity index (χ0n) is 12.7. The average molecular weight is 304 g/mol. The maximum atomic E-state index is 12.3. The zero-order valence-corrected chi connectivity index (χ0v) is 12.7. The first-order chi connectivity index (χ1) is 10.3. The highest BCUT2D eigenvalue weighted by Gasteiger charge is 2.44. The van der Waals surface area contributed by atoms with Crippen LogP contribution in [0.25, 0.3) is 0 Å². The minimum Gasteiger partial charge on any atom is -0.480 e. The SMILES string of the molecule is CC(=O)CN1C(=O)C=C(CC(N)C(=O)O)C2(C)C=CC=CC12. The van der Waals surface area contributed by atoms with E-state index in [2.05, 4.69) is 0 Å². The van der Waals surface area contributed by atoms with Crippen molar-refractivity contribution >= 4 is 17.7 Å². The third-order valence-corrected chi connectivity index (χ3v) is 4.22. The van der Waals surface area contributed by atoms with E-state index in [0.717, 1.165) is 0 Å². The lowest BCUT2D eigenvalue weighted by molar-refractivity contribution is -0.139. The lowest BCUT2D eigenvalue weighted by atomic mass is 9.68. The highest BCUT2D eigenvalue weighted by molar-refractivity contribution is 5.94. The molecule has 3 N–H and O–H groups in total. The Morgan fingerprint density at radius 3 is 2.73 bits per heavy atom. The van der Waals surface area contributed by atoms with Gasteiger partial charge >= 0.3 is 5.97 Å². The van der Waals surface area contributed by atoms with Crippen molar-refractivity contribution < 1.29 is 19.5 Å². The van der Waals surface area contributed by atoms with Crippen LogP contribution in [0, 0.1) is 5.41 Å². The Bertz CT molecular complexity index is 605. The average Bonchev–Trinajstić information content (AvgIpc) is 2.43. The summed E-state index contributed by atoms with van der Waals surface area (Å²) in [6.07, 6.45) is 8.99. The molecule has 1 amide bonds. The van der Waals surface area contributed by atoms with E-state index in [-0.39, 0.29) is 30.7 Å². The summed E-state index contributed by atoms with van der Waals surface area (Å²) in [5, 5.41) is 9.01. The number of carboxylic acid groups (broad SMARTS) is 1. The molecule has 6 nitrogen and oxygen atoms in total. The van der Waals surface area contributed by atoms with E-state index in [1.807, 2.05) is 31.2 Å². The van der Waals surface area contributed by atoms with Crippen LogP contribution in [-0.2, 0) is 14.4 Å². The number of nitrogens with zero attached hydrogens (tertiary/aromatic N) is 1. The number of carbonyl (C=O) groups excluding carboxylic acids is 2. The lowest BCUT2D eigenvalue weighted by Gasteiger charge is -2.47. The predicted molar refractivity (Wildman–Crippen MR) is 80.9 cm³/mol. The highest BCUT2D eigenvalue weighted by Crippen LogP contribution is 2.43. The second-order valence-electron chi connectivity index (χ2n) is 5.96. The van der Waals surface area contributed by atoms with Crippen molar-refractivity contribution in [3.63, 3.8) is 0 Å². The number of hydrogen-bond donors (Lipinski definition) is 2. The molecule has 1 aliphatic heterocycles. The Morgan fingerprint density at radius 2 is 2.14 bits per heavy atom. The Balaban J connectivity index is 2.40. The van der Waals surface area contributed by atoms with Crippen molar-refractivity contribution in [1.29, 1.82) is 0 Å². The lowest BCUT2D eigenvalue weighted by Crippen LogP contribution is -2.54. The number of amides is 1. The van der Waals surface area contributed by atoms with Crippen LogP contribution in [-0.4, -0.2) is 46.3 Å². The first kappa shape index (κ1) is 16.2. The van der Waals surface area contributed by atoms with Crippen molar-refractivity contribution in [3.05, 3.63) is 36.0 Å². The monoisotopic (exact) mass is 304 g/mol. The van der Waals surface area contributed by atoms with Gasteiger partial charge in [0.1, 0.15) is 11.8 Å². The van der Waals surface area contributed by atoms with Crippen LogP contribution in [0.4, 0.5) is 0 Å². The van der Waals surface area contributed by atoms with Gasteiger partial charge in [0.05, 0.1) is 12.6 Å². The first-order valence-corrected chi connectivity index (χ1v) is 7.11. The Morgan fingerprint density at radius 1 is 1.45 bits per heavy atom. The molecule has 0 saturated heterocycles. The van der Waals surface area contributed by atoms with Crippen LogP contribution < -0.4 is 5.73 Å². The Kier molecular flexibility index (Phi) is 4.32. The summed E-state index contributed by atoms with van der Waals surface area (Å²) in [7, 11) is 0. The van der Waals surface area contributed by atoms with Crippen molar-refractivity contribution in [2.45, 2.75) is 32.4 Å². The van der Waals surface area contributed by atoms with E-state index < -0.39 is 17.4 Å². The molecule has 22 heavy (non-hydrogen) atoms. The minimum atomic E-state index is -1.10. The van der Waals surface area contributed by atoms with Gasteiger partial charge in [-0.15, -0.1) is 0 Å². The largest absolute Gasteiger partial charge is 0.480 e. The van der Waals surface area contributed by atoms with E-state index in [1.165, 1.54) is 17.9 Å². The van der Waals surface area contributed by atoms with Crippen LogP contribution in [0.1, 0.15) is 20.3 Å². The Labute approximate surface area is 129 Å². The number of hydrogen-bond acceptors (Lipinski definition) is 4. The number of carbonyl (C=O) groups is 3. The summed E-state index contributed by atoms with van der Waals surface area (Å²) in [5.74, 6) is -1.49. The summed E-state index contributed by atoms with van der Waals surface area (Å²) >= 11 is 0. The molecule has 0 fully saturated rings. The number of Topliss-reactive ketones (excluding diaryl/α,β-unsaturated/α-hetero) is 1. The van der Waals surface area contributed by atoms with Crippen LogP contribution in [0.5, 0.6) is 0 Å². The maximum Gasteiger partial charge on any atom is 0.320 e. The molecule has 0 saturated carbocycles. The van der Waals surface area contributed by atoms with E-state index in [9.17, 15) is 14.4 Å². The molecule has 3 unspecified atom stereocenters. The van der Waals surface area contributed by atoms with Gasteiger partial charge in [0, 0.05) is 11.5 Å². The van der Waals surface area contributed by atoms with Gasteiger partial charge in [-0.25, -0.2) is 0 Å². The van der Waals surface area contributed by atoms with Gasteiger partial charge in [0.15, 0.2) is 0 Å². The fourth-order valence-corrected chi connectivity index (χ4v) is 2.99. The normalized spacial score (nSPS) is 28.1. The molecule has 0 bridgehead atoms. The molecular formula is C16H20N2O4. The first-order valence-electron chi connectivity index (χ1n) is 7.11. The molecule has 2 aliphatic rings. The van der Waals surface area contributed by atoms with E-state index in [1.54, 1.807) is 0 Å². The van der Waals surface area contributed by atoms with Gasteiger partial charge in [-0.05, 0) is 20.3 Å². The van der Waals surface area contributed by atoms with Crippen LogP contribution in [0.15, 0.2) is 36.0 Å². The number of allylic oxidation sites excluding steroid dienone is 2. The minimum absolute atomic E-state index is 0.0338. The third kappa shape index (κ3) is 2.87. The van der Waals surface area contributed by atoms with Crippen LogP contribution in [0.3, 0.4) is 0 Å². The number of ketones is 1. The van der Waals surface area contributed by atoms with Gasteiger partial charge in [-0.2, -0.15) is 0 Å². The fraction of sp³-hybridized carbons (Fsp3) is 0.438. The molecule has 2 rings (SSSR count). The van der Waals surface area contributed by atoms with E-state index >= 15 is 0 Å². The number of aliphatic carboxylic acids is 1. The summed E-state index contributed by atoms with van der Waals surface area (Å²) in [6, 6.07) is -1.37. The van der Waals surface area contributed by atoms with E-state index in [4.69, 9.17) is 10.8 Å². The van der Waals surface area contributed by atoms with Crippen molar-refractivity contribution in [2.75, 3.05) is 6.54 Å². The van der Waals surface area contributed by atoms with Gasteiger partial charge < -0.3 is 15.7 Å². The van der Waals surface area contributed by atoms with Crippen molar-refractivity contribution in [3.8, 4) is 0 Å². The summed E-state index contributed by atoms with van der Waals surface area (Å²) in [4.78, 5) is 36.3. The summed E-state index contributed by atoms with van der Waals surface area (Å²) < 4.78 is 0. The molecule has 0 aromatic carbocycles. The van der Waals surface area contributed by atoms with Crippen LogP contribution >= 0.6 is 0 Å². The molecule has 1 aliphatic carbocycles. The molecule has 1 heterocycles. The third-order valence-electron chi connectivity index (χ3n) is 4.22. The zero-order chi connectivity index (χ0) is 16.5. The highest BCUT2D eigenvalue weighted by atomic mass is 16.4. The Hall–Kier alpha value is -2.21. The van der Waals surface area contributed by atoms with Gasteiger partial charge in [-0.1, -0.05) is 29.9 Å². The molecule has 6 heteroatoms. The standard InChI is InChI=1S/C16H20N2O4/c1-10(19)9-18-13-5-3-4-6-16(13,2)11(8-14(18)20)7-12(17)15(21)22/h3-6,8,12-13H,7,9,17H2,1-2H3,(H,21,22). The number of carboxylic acids is 1. The van der Waals surface area contributed by atoms with Gasteiger partial charge in [0.2, 0.25) is 5.91 Å². The van der Waals surface area contributed by atoms with Gasteiger partial charge in [0.25, 0.3) is 0 Å². The summed E-state index contributed by atoms with van der Waals surface area (Å²) in [5.41, 5.74) is 5.76. The molecule has 3 atom stereocenters. The number of nitrogens with two attached hydrogens (primary N) is 1. The van der Waals surface area contributed by atoms with Crippen LogP contribution in [0.2, 0.25) is 0 Å². The fourth-order valence-electron chi connectivity index (χ4n) is 2.99. The van der Waals surface area contributed by atoms with E-state index in [0.29, 0.717) is 5.57 Å². The molecule has 0 radical (unpaired) electrons.